The van der Waals surface area contributed by atoms with Gasteiger partial charge in [-0.3, -0.25) is 9.36 Å². The SMILES string of the molecule is O=C(Nc1ccc(-c2ccccc2OC(F)(F)F)c(Cl)c1)[C@H]1CCCCN1C=Cn1cnnc1. The number of amides is 1. The Balaban J connectivity index is 1.50. The van der Waals surface area contributed by atoms with Gasteiger partial charge in [0.1, 0.15) is 24.4 Å². The minimum absolute atomic E-state index is 0.184. The number of aromatic nitrogens is 3. The zero-order chi connectivity index (χ0) is 24.1. The molecular formula is C23H21ClF3N5O2. The Hall–Kier alpha value is -3.53. The van der Waals surface area contributed by atoms with Crippen LogP contribution in [0.3, 0.4) is 0 Å². The number of carbonyl (C=O) groups is 1. The third kappa shape index (κ3) is 5.88. The van der Waals surface area contributed by atoms with Crippen LogP contribution >= 0.6 is 11.6 Å². The number of rotatable bonds is 6. The zero-order valence-electron chi connectivity index (χ0n) is 17.9. The number of hydrogen-bond acceptors (Lipinski definition) is 5. The average Bonchev–Trinajstić information content (AvgIpc) is 3.31. The summed E-state index contributed by atoms with van der Waals surface area (Å²) in [5.74, 6) is -0.552. The van der Waals surface area contributed by atoms with E-state index in [1.807, 2.05) is 11.1 Å². The number of alkyl halides is 3. The van der Waals surface area contributed by atoms with E-state index >= 15 is 0 Å². The van der Waals surface area contributed by atoms with Crippen molar-refractivity contribution in [2.75, 3.05) is 11.9 Å². The number of ether oxygens (including phenoxy) is 1. The second-order valence-electron chi connectivity index (χ2n) is 7.68. The Kier molecular flexibility index (Phi) is 7.06. The number of piperidine rings is 1. The van der Waals surface area contributed by atoms with Gasteiger partial charge in [-0.1, -0.05) is 35.9 Å². The van der Waals surface area contributed by atoms with Gasteiger partial charge in [0.25, 0.3) is 0 Å². The number of likely N-dealkylation sites (tertiary alicyclic amines) is 1. The summed E-state index contributed by atoms with van der Waals surface area (Å²) in [6, 6.07) is 10.0. The van der Waals surface area contributed by atoms with E-state index in [4.69, 9.17) is 11.6 Å². The summed E-state index contributed by atoms with van der Waals surface area (Å²) < 4.78 is 44.1. The Bertz CT molecular complexity index is 1170. The molecule has 0 saturated carbocycles. The minimum Gasteiger partial charge on any atom is -0.405 e. The second-order valence-corrected chi connectivity index (χ2v) is 8.09. The first-order valence-electron chi connectivity index (χ1n) is 10.5. The number of benzene rings is 2. The molecule has 2 heterocycles. The van der Waals surface area contributed by atoms with Crippen LogP contribution < -0.4 is 10.1 Å². The highest BCUT2D eigenvalue weighted by atomic mass is 35.5. The van der Waals surface area contributed by atoms with Gasteiger partial charge in [0.2, 0.25) is 5.91 Å². The van der Waals surface area contributed by atoms with Gasteiger partial charge in [0, 0.05) is 35.8 Å². The predicted octanol–water partition coefficient (Wildman–Crippen LogP) is 5.42. The van der Waals surface area contributed by atoms with Crippen molar-refractivity contribution >= 4 is 29.4 Å². The van der Waals surface area contributed by atoms with Gasteiger partial charge in [0.15, 0.2) is 0 Å². The molecule has 1 aliphatic heterocycles. The summed E-state index contributed by atoms with van der Waals surface area (Å²) >= 11 is 6.39. The van der Waals surface area contributed by atoms with Crippen molar-refractivity contribution in [2.45, 2.75) is 31.7 Å². The van der Waals surface area contributed by atoms with Crippen molar-refractivity contribution in [3.8, 4) is 16.9 Å². The van der Waals surface area contributed by atoms with Gasteiger partial charge >= 0.3 is 6.36 Å². The highest BCUT2D eigenvalue weighted by Crippen LogP contribution is 2.38. The lowest BCUT2D eigenvalue weighted by Gasteiger charge is -2.33. The number of para-hydroxylation sites is 1. The molecule has 34 heavy (non-hydrogen) atoms. The molecule has 3 aromatic rings. The number of anilines is 1. The normalized spacial score (nSPS) is 16.6. The van der Waals surface area contributed by atoms with Gasteiger partial charge in [-0.05, 0) is 37.5 Å². The molecule has 0 radical (unpaired) electrons. The van der Waals surface area contributed by atoms with Crippen molar-refractivity contribution in [3.63, 3.8) is 0 Å². The molecule has 1 N–H and O–H groups in total. The molecule has 0 aliphatic carbocycles. The van der Waals surface area contributed by atoms with E-state index in [1.165, 1.54) is 24.3 Å². The zero-order valence-corrected chi connectivity index (χ0v) is 18.6. The van der Waals surface area contributed by atoms with Gasteiger partial charge in [-0.25, -0.2) is 0 Å². The van der Waals surface area contributed by atoms with Crippen LogP contribution in [-0.4, -0.2) is 44.5 Å². The van der Waals surface area contributed by atoms with E-state index in [9.17, 15) is 18.0 Å². The molecule has 11 heteroatoms. The monoisotopic (exact) mass is 491 g/mol. The summed E-state index contributed by atoms with van der Waals surface area (Å²) in [6.07, 6.45) is 4.46. The third-order valence-corrected chi connectivity index (χ3v) is 5.67. The molecule has 1 aromatic heterocycles. The number of nitrogens with zero attached hydrogens (tertiary/aromatic N) is 4. The highest BCUT2D eigenvalue weighted by Gasteiger charge is 2.32. The van der Waals surface area contributed by atoms with Crippen LogP contribution in [0, 0.1) is 0 Å². The van der Waals surface area contributed by atoms with E-state index < -0.39 is 6.36 Å². The van der Waals surface area contributed by atoms with E-state index in [0.717, 1.165) is 19.4 Å². The fraction of sp³-hybridized carbons (Fsp3) is 0.261. The maximum absolute atomic E-state index is 13.0. The molecule has 0 bridgehead atoms. The fourth-order valence-corrected chi connectivity index (χ4v) is 4.08. The molecule has 1 fully saturated rings. The maximum Gasteiger partial charge on any atom is 0.573 e. The first kappa shape index (κ1) is 23.6. The molecule has 1 aliphatic rings. The van der Waals surface area contributed by atoms with Crippen molar-refractivity contribution in [1.82, 2.24) is 19.7 Å². The highest BCUT2D eigenvalue weighted by molar-refractivity contribution is 6.33. The van der Waals surface area contributed by atoms with Gasteiger partial charge in [-0.2, -0.15) is 0 Å². The molecule has 4 rings (SSSR count). The summed E-state index contributed by atoms with van der Waals surface area (Å²) in [5, 5.41) is 10.5. The molecular weight excluding hydrogens is 471 g/mol. The summed E-state index contributed by atoms with van der Waals surface area (Å²) in [7, 11) is 0. The predicted molar refractivity (Wildman–Crippen MR) is 122 cm³/mol. The van der Waals surface area contributed by atoms with Gasteiger partial charge in [0.05, 0.1) is 5.02 Å². The summed E-state index contributed by atoms with van der Waals surface area (Å²) in [4.78, 5) is 15.0. The number of hydrogen-bond donors (Lipinski definition) is 1. The Labute approximate surface area is 198 Å². The van der Waals surface area contributed by atoms with E-state index in [1.54, 1.807) is 41.6 Å². The number of carbonyl (C=O) groups excluding carboxylic acids is 1. The van der Waals surface area contributed by atoms with Crippen LogP contribution in [0.25, 0.3) is 17.3 Å². The van der Waals surface area contributed by atoms with Crippen LogP contribution in [0.15, 0.2) is 61.3 Å². The number of nitrogens with one attached hydrogen (secondary N) is 1. The molecule has 178 valence electrons. The van der Waals surface area contributed by atoms with E-state index in [2.05, 4.69) is 20.3 Å². The molecule has 1 saturated heterocycles. The van der Waals surface area contributed by atoms with Crippen molar-refractivity contribution < 1.29 is 22.7 Å². The molecule has 0 unspecified atom stereocenters. The van der Waals surface area contributed by atoms with Crippen LogP contribution in [0.2, 0.25) is 5.02 Å². The molecule has 7 nitrogen and oxygen atoms in total. The van der Waals surface area contributed by atoms with Crippen LogP contribution in [-0.2, 0) is 4.79 Å². The largest absolute Gasteiger partial charge is 0.573 e. The van der Waals surface area contributed by atoms with Crippen molar-refractivity contribution in [2.24, 2.45) is 0 Å². The van der Waals surface area contributed by atoms with Crippen molar-refractivity contribution in [3.05, 3.63) is 66.3 Å². The Morgan fingerprint density at radius 1 is 1.09 bits per heavy atom. The Morgan fingerprint density at radius 3 is 2.59 bits per heavy atom. The fourth-order valence-electron chi connectivity index (χ4n) is 3.80. The first-order valence-corrected chi connectivity index (χ1v) is 10.9. The molecule has 1 atom stereocenters. The van der Waals surface area contributed by atoms with Gasteiger partial charge < -0.3 is 15.0 Å². The first-order chi connectivity index (χ1) is 16.3. The standard InChI is InChI=1S/C23H21ClF3N5O2/c24-19-13-16(8-9-17(19)18-5-1-2-7-21(18)34-23(25,26)27)30-22(33)20-6-3-4-10-32(20)12-11-31-14-28-29-15-31/h1-2,5,7-9,11-15,20H,3-4,6,10H2,(H,30,33)/t20-/m1/s1. The van der Waals surface area contributed by atoms with Crippen LogP contribution in [0.4, 0.5) is 18.9 Å². The average molecular weight is 492 g/mol. The van der Waals surface area contributed by atoms with Crippen LogP contribution in [0.1, 0.15) is 19.3 Å². The Morgan fingerprint density at radius 2 is 1.85 bits per heavy atom. The molecule has 2 aromatic carbocycles. The third-order valence-electron chi connectivity index (χ3n) is 5.35. The summed E-state index contributed by atoms with van der Waals surface area (Å²) in [6.45, 7) is 0.729. The number of halogens is 4. The lowest BCUT2D eigenvalue weighted by atomic mass is 10.0. The van der Waals surface area contributed by atoms with E-state index in [-0.39, 0.29) is 28.3 Å². The van der Waals surface area contributed by atoms with E-state index in [0.29, 0.717) is 17.7 Å². The molecule has 1 amide bonds. The molecule has 0 spiro atoms. The minimum atomic E-state index is -4.83. The lowest BCUT2D eigenvalue weighted by Crippen LogP contribution is -2.44. The maximum atomic E-state index is 13.0. The smallest absolute Gasteiger partial charge is 0.405 e. The van der Waals surface area contributed by atoms with Crippen molar-refractivity contribution in [1.29, 1.82) is 0 Å². The quantitative estimate of drug-likeness (QED) is 0.498. The second kappa shape index (κ2) is 10.2. The summed E-state index contributed by atoms with van der Waals surface area (Å²) in [5.41, 5.74) is 0.997. The lowest BCUT2D eigenvalue weighted by molar-refractivity contribution is -0.274. The van der Waals surface area contributed by atoms with Gasteiger partial charge in [-0.15, -0.1) is 23.4 Å². The topological polar surface area (TPSA) is 72.3 Å². The van der Waals surface area contributed by atoms with Crippen LogP contribution in [0.5, 0.6) is 5.75 Å².